The lowest BCUT2D eigenvalue weighted by atomic mass is 9.72. The minimum absolute atomic E-state index is 0.0305. The van der Waals surface area contributed by atoms with E-state index in [2.05, 4.69) is 26.1 Å². The monoisotopic (exact) mass is 400 g/mol. The van der Waals surface area contributed by atoms with Crippen LogP contribution in [0.2, 0.25) is 0 Å². The van der Waals surface area contributed by atoms with E-state index in [1.54, 1.807) is 0 Å². The number of anilines is 1. The van der Waals surface area contributed by atoms with E-state index in [-0.39, 0.29) is 29.9 Å². The Bertz CT molecular complexity index is 804. The van der Waals surface area contributed by atoms with Crippen molar-refractivity contribution in [2.75, 3.05) is 17.3 Å². The molecule has 1 atom stereocenters. The molecule has 0 saturated carbocycles. The number of hydrogen-bond donors (Lipinski definition) is 2. The largest absolute Gasteiger partial charge is 0.365 e. The van der Waals surface area contributed by atoms with Crippen molar-refractivity contribution in [3.8, 4) is 0 Å². The van der Waals surface area contributed by atoms with Crippen LogP contribution in [0.15, 0.2) is 0 Å². The second kappa shape index (κ2) is 7.68. The Kier molecular flexibility index (Phi) is 6.17. The van der Waals surface area contributed by atoms with E-state index in [9.17, 15) is 18.0 Å². The van der Waals surface area contributed by atoms with E-state index in [0.29, 0.717) is 16.5 Å². The van der Waals surface area contributed by atoms with Gasteiger partial charge in [0.05, 0.1) is 11.3 Å². The van der Waals surface area contributed by atoms with Gasteiger partial charge < -0.3 is 11.1 Å². The zero-order chi connectivity index (χ0) is 19.7. The third-order valence-electron chi connectivity index (χ3n) is 4.91. The molecule has 26 heavy (non-hydrogen) atoms. The normalized spacial score (nSPS) is 17.6. The van der Waals surface area contributed by atoms with Crippen molar-refractivity contribution in [3.05, 3.63) is 16.0 Å². The number of nitrogens with two attached hydrogens (primary N) is 1. The van der Waals surface area contributed by atoms with Gasteiger partial charge in [-0.1, -0.05) is 20.8 Å². The van der Waals surface area contributed by atoms with Crippen LogP contribution in [-0.2, 0) is 27.5 Å². The van der Waals surface area contributed by atoms with Gasteiger partial charge in [0, 0.05) is 17.6 Å². The van der Waals surface area contributed by atoms with Gasteiger partial charge in [-0.25, -0.2) is 8.42 Å². The number of primary amides is 1. The predicted octanol–water partition coefficient (Wildman–Crippen LogP) is 2.76. The molecule has 6 nitrogen and oxygen atoms in total. The van der Waals surface area contributed by atoms with Crippen molar-refractivity contribution in [2.24, 2.45) is 17.1 Å². The maximum atomic E-state index is 12.2. The fraction of sp³-hybridized carbons (Fsp3) is 0.667. The molecule has 0 aromatic carbocycles. The molecule has 8 heteroatoms. The molecule has 0 bridgehead atoms. The summed E-state index contributed by atoms with van der Waals surface area (Å²) in [7, 11) is -3.09. The number of hydrogen-bond acceptors (Lipinski definition) is 5. The highest BCUT2D eigenvalue weighted by atomic mass is 32.2. The Morgan fingerprint density at radius 1 is 1.31 bits per heavy atom. The molecule has 146 valence electrons. The van der Waals surface area contributed by atoms with E-state index >= 15 is 0 Å². The molecule has 1 aromatic rings. The zero-order valence-corrected chi connectivity index (χ0v) is 17.5. The highest BCUT2D eigenvalue weighted by molar-refractivity contribution is 7.90. The first kappa shape index (κ1) is 20.9. The van der Waals surface area contributed by atoms with E-state index < -0.39 is 15.7 Å². The number of rotatable bonds is 6. The van der Waals surface area contributed by atoms with Gasteiger partial charge in [-0.05, 0) is 42.6 Å². The van der Waals surface area contributed by atoms with Crippen LogP contribution in [-0.4, -0.2) is 32.2 Å². The first-order chi connectivity index (χ1) is 11.9. The number of fused-ring (bicyclic) bond motifs is 1. The fourth-order valence-corrected chi connectivity index (χ4v) is 5.38. The van der Waals surface area contributed by atoms with Crippen LogP contribution in [0.3, 0.4) is 0 Å². The number of carbonyl (C=O) groups is 2. The molecule has 0 saturated heterocycles. The van der Waals surface area contributed by atoms with E-state index in [0.717, 1.165) is 36.0 Å². The molecule has 3 N–H and O–H groups in total. The van der Waals surface area contributed by atoms with E-state index in [1.807, 2.05) is 0 Å². The Balaban J connectivity index is 2.16. The lowest BCUT2D eigenvalue weighted by Crippen LogP contribution is -2.27. The fourth-order valence-electron chi connectivity index (χ4n) is 3.36. The average molecular weight is 401 g/mol. The molecule has 1 aliphatic rings. The lowest BCUT2D eigenvalue weighted by molar-refractivity contribution is -0.116. The summed E-state index contributed by atoms with van der Waals surface area (Å²) < 4.78 is 22.3. The Morgan fingerprint density at radius 2 is 1.96 bits per heavy atom. The third-order valence-corrected chi connectivity index (χ3v) is 7.11. The second-order valence-electron chi connectivity index (χ2n) is 8.16. The molecular weight excluding hydrogens is 372 g/mol. The number of amides is 2. The zero-order valence-electron chi connectivity index (χ0n) is 15.8. The molecule has 0 aliphatic heterocycles. The number of sulfone groups is 1. The maximum absolute atomic E-state index is 12.2. The first-order valence-electron chi connectivity index (χ1n) is 8.80. The molecule has 1 unspecified atom stereocenters. The van der Waals surface area contributed by atoms with Crippen LogP contribution in [0, 0.1) is 11.3 Å². The van der Waals surface area contributed by atoms with Gasteiger partial charge in [0.2, 0.25) is 5.91 Å². The minimum Gasteiger partial charge on any atom is -0.365 e. The number of nitrogens with one attached hydrogen (secondary N) is 1. The van der Waals surface area contributed by atoms with E-state index in [4.69, 9.17) is 5.73 Å². The molecule has 1 aromatic heterocycles. The van der Waals surface area contributed by atoms with Crippen LogP contribution < -0.4 is 11.1 Å². The van der Waals surface area contributed by atoms with Crippen molar-refractivity contribution in [3.63, 3.8) is 0 Å². The topological polar surface area (TPSA) is 106 Å². The van der Waals surface area contributed by atoms with Crippen LogP contribution in [0.25, 0.3) is 0 Å². The van der Waals surface area contributed by atoms with Crippen LogP contribution in [0.4, 0.5) is 5.00 Å². The molecule has 0 spiro atoms. The molecule has 1 heterocycles. The van der Waals surface area contributed by atoms with Crippen LogP contribution >= 0.6 is 11.3 Å². The summed E-state index contributed by atoms with van der Waals surface area (Å²) in [6.07, 6.45) is 4.17. The average Bonchev–Trinajstić information content (AvgIpc) is 2.81. The highest BCUT2D eigenvalue weighted by Crippen LogP contribution is 2.44. The Hall–Kier alpha value is -1.41. The third kappa shape index (κ3) is 5.30. The number of carbonyl (C=O) groups excluding carboxylic acids is 2. The Labute approximate surface area is 159 Å². The number of thiophene rings is 1. The van der Waals surface area contributed by atoms with Crippen LogP contribution in [0.1, 0.15) is 60.8 Å². The van der Waals surface area contributed by atoms with Crippen molar-refractivity contribution < 1.29 is 18.0 Å². The van der Waals surface area contributed by atoms with Crippen molar-refractivity contribution in [2.45, 2.75) is 52.9 Å². The molecule has 0 fully saturated rings. The van der Waals surface area contributed by atoms with Crippen LogP contribution in [0.5, 0.6) is 0 Å². The van der Waals surface area contributed by atoms with E-state index in [1.165, 1.54) is 11.3 Å². The molecule has 0 radical (unpaired) electrons. The molecule has 2 rings (SSSR count). The lowest BCUT2D eigenvalue weighted by Gasteiger charge is -2.33. The van der Waals surface area contributed by atoms with Gasteiger partial charge in [0.15, 0.2) is 0 Å². The van der Waals surface area contributed by atoms with Crippen molar-refractivity contribution in [1.29, 1.82) is 0 Å². The van der Waals surface area contributed by atoms with Gasteiger partial charge in [-0.3, -0.25) is 9.59 Å². The summed E-state index contributed by atoms with van der Waals surface area (Å²) in [5.41, 5.74) is 7.15. The molecule has 2 amide bonds. The maximum Gasteiger partial charge on any atom is 0.251 e. The van der Waals surface area contributed by atoms with Gasteiger partial charge in [0.1, 0.15) is 14.8 Å². The second-order valence-corrected chi connectivity index (χ2v) is 11.5. The van der Waals surface area contributed by atoms with Gasteiger partial charge in [0.25, 0.3) is 5.91 Å². The standard InChI is InChI=1S/C18H28N2O4S2/c1-18(2,3)11-7-8-12-13(10-11)25-17(15(12)16(19)22)20-14(21)6-5-9-26(4,23)24/h11H,5-10H2,1-4H3,(H2,19,22)(H,20,21). The minimum atomic E-state index is -3.09. The summed E-state index contributed by atoms with van der Waals surface area (Å²) in [5, 5.41) is 3.27. The predicted molar refractivity (Wildman–Crippen MR) is 105 cm³/mol. The van der Waals surface area contributed by atoms with Gasteiger partial charge in [-0.2, -0.15) is 0 Å². The van der Waals surface area contributed by atoms with Gasteiger partial charge >= 0.3 is 0 Å². The summed E-state index contributed by atoms with van der Waals surface area (Å²) in [6.45, 7) is 6.65. The summed E-state index contributed by atoms with van der Waals surface area (Å²) in [4.78, 5) is 25.2. The highest BCUT2D eigenvalue weighted by Gasteiger charge is 2.33. The summed E-state index contributed by atoms with van der Waals surface area (Å²) in [5.74, 6) is -0.324. The van der Waals surface area contributed by atoms with Crippen molar-refractivity contribution >= 4 is 38.0 Å². The quantitative estimate of drug-likeness (QED) is 0.765. The van der Waals surface area contributed by atoms with Crippen molar-refractivity contribution in [1.82, 2.24) is 0 Å². The molecular formula is C18H28N2O4S2. The Morgan fingerprint density at radius 3 is 2.50 bits per heavy atom. The molecule has 1 aliphatic carbocycles. The summed E-state index contributed by atoms with van der Waals surface area (Å²) in [6, 6.07) is 0. The smallest absolute Gasteiger partial charge is 0.251 e. The first-order valence-corrected chi connectivity index (χ1v) is 11.7. The summed E-state index contributed by atoms with van der Waals surface area (Å²) >= 11 is 1.43. The van der Waals surface area contributed by atoms with Gasteiger partial charge in [-0.15, -0.1) is 11.3 Å². The SMILES string of the molecule is CC(C)(C)C1CCc2c(sc(NC(=O)CCCS(C)(=O)=O)c2C(N)=O)C1.